The fourth-order valence-electron chi connectivity index (χ4n) is 2.15. The molecule has 20 heavy (non-hydrogen) atoms. The highest BCUT2D eigenvalue weighted by Crippen LogP contribution is 2.16. The van der Waals surface area contributed by atoms with Crippen molar-refractivity contribution in [3.8, 4) is 0 Å². The zero-order valence-electron chi connectivity index (χ0n) is 11.5. The molecule has 0 aliphatic rings. The van der Waals surface area contributed by atoms with E-state index in [9.17, 15) is 4.39 Å². The summed E-state index contributed by atoms with van der Waals surface area (Å²) < 4.78 is 18.7. The normalized spacial score (nSPS) is 11.0. The van der Waals surface area contributed by atoms with Gasteiger partial charge in [-0.05, 0) is 43.8 Å². The number of aryl methyl sites for hydroxylation is 1. The first-order chi connectivity index (χ1) is 9.47. The number of rotatable bonds is 5. The maximum absolute atomic E-state index is 13.4. The van der Waals surface area contributed by atoms with Gasteiger partial charge in [-0.2, -0.15) is 0 Å². The van der Waals surface area contributed by atoms with Gasteiger partial charge in [0.1, 0.15) is 16.6 Å². The Morgan fingerprint density at radius 3 is 2.60 bits per heavy atom. The van der Waals surface area contributed by atoms with Crippen molar-refractivity contribution >= 4 is 17.2 Å². The lowest BCUT2D eigenvalue weighted by molar-refractivity contribution is 0.315. The van der Waals surface area contributed by atoms with Crippen LogP contribution in [0.1, 0.15) is 22.5 Å². The van der Waals surface area contributed by atoms with E-state index in [1.54, 1.807) is 12.3 Å². The number of hydrogen-bond donors (Lipinski definition) is 1. The summed E-state index contributed by atoms with van der Waals surface area (Å²) in [7, 11) is 1.96. The van der Waals surface area contributed by atoms with Crippen LogP contribution in [-0.2, 0) is 13.1 Å². The van der Waals surface area contributed by atoms with E-state index in [2.05, 4.69) is 4.90 Å². The summed E-state index contributed by atoms with van der Waals surface area (Å²) in [6.45, 7) is 3.20. The van der Waals surface area contributed by atoms with E-state index in [-0.39, 0.29) is 10.8 Å². The molecule has 2 N–H and O–H groups in total. The first kappa shape index (κ1) is 14.7. The SMILES string of the molecule is Cc1occc1CN(C)Cc1cc(F)ccc1C(N)=S. The quantitative estimate of drug-likeness (QED) is 0.860. The van der Waals surface area contributed by atoms with Crippen LogP contribution in [0.2, 0.25) is 0 Å². The molecule has 1 heterocycles. The first-order valence-corrected chi connectivity index (χ1v) is 6.68. The molecular weight excluding hydrogens is 275 g/mol. The van der Waals surface area contributed by atoms with Crippen LogP contribution in [0, 0.1) is 12.7 Å². The van der Waals surface area contributed by atoms with Crippen LogP contribution in [0.4, 0.5) is 4.39 Å². The lowest BCUT2D eigenvalue weighted by atomic mass is 10.1. The molecule has 1 aromatic heterocycles. The average Bonchev–Trinajstić information content (AvgIpc) is 2.74. The van der Waals surface area contributed by atoms with Crippen LogP contribution in [0.25, 0.3) is 0 Å². The first-order valence-electron chi connectivity index (χ1n) is 6.27. The molecule has 0 atom stereocenters. The minimum atomic E-state index is -0.284. The van der Waals surface area contributed by atoms with Gasteiger partial charge in [-0.25, -0.2) is 4.39 Å². The summed E-state index contributed by atoms with van der Waals surface area (Å²) in [6, 6.07) is 6.42. The minimum absolute atomic E-state index is 0.284. The van der Waals surface area contributed by atoms with E-state index in [1.165, 1.54) is 12.1 Å². The Morgan fingerprint density at radius 1 is 1.30 bits per heavy atom. The largest absolute Gasteiger partial charge is 0.469 e. The standard InChI is InChI=1S/C15H17FN2OS/c1-10-11(5-6-19-10)8-18(2)9-12-7-13(16)3-4-14(12)15(17)20/h3-7H,8-9H2,1-2H3,(H2,17,20). The maximum atomic E-state index is 13.4. The maximum Gasteiger partial charge on any atom is 0.123 e. The van der Waals surface area contributed by atoms with Gasteiger partial charge in [0, 0.05) is 24.2 Å². The third-order valence-electron chi connectivity index (χ3n) is 3.18. The van der Waals surface area contributed by atoms with E-state index in [0.29, 0.717) is 6.54 Å². The zero-order valence-corrected chi connectivity index (χ0v) is 12.3. The van der Waals surface area contributed by atoms with Gasteiger partial charge in [-0.15, -0.1) is 0 Å². The second-order valence-corrected chi connectivity index (χ2v) is 5.28. The van der Waals surface area contributed by atoms with Crippen molar-refractivity contribution in [3.63, 3.8) is 0 Å². The monoisotopic (exact) mass is 292 g/mol. The van der Waals surface area contributed by atoms with Crippen LogP contribution in [0.3, 0.4) is 0 Å². The molecule has 2 aromatic rings. The third kappa shape index (κ3) is 3.43. The number of furan rings is 1. The van der Waals surface area contributed by atoms with Gasteiger partial charge in [0.2, 0.25) is 0 Å². The van der Waals surface area contributed by atoms with Crippen molar-refractivity contribution in [2.24, 2.45) is 5.73 Å². The summed E-state index contributed by atoms with van der Waals surface area (Å²) in [5, 5.41) is 0. The van der Waals surface area contributed by atoms with Crippen LogP contribution in [-0.4, -0.2) is 16.9 Å². The number of benzene rings is 1. The van der Waals surface area contributed by atoms with Crippen molar-refractivity contribution in [1.29, 1.82) is 0 Å². The van der Waals surface area contributed by atoms with E-state index in [4.69, 9.17) is 22.4 Å². The summed E-state index contributed by atoms with van der Waals surface area (Å²) >= 11 is 5.00. The van der Waals surface area contributed by atoms with E-state index >= 15 is 0 Å². The number of nitrogens with zero attached hydrogens (tertiary/aromatic N) is 1. The van der Waals surface area contributed by atoms with Gasteiger partial charge < -0.3 is 10.2 Å². The molecule has 0 saturated carbocycles. The van der Waals surface area contributed by atoms with Crippen LogP contribution in [0.15, 0.2) is 34.9 Å². The van der Waals surface area contributed by atoms with Gasteiger partial charge in [0.25, 0.3) is 0 Å². The molecule has 5 heteroatoms. The predicted molar refractivity (Wildman–Crippen MR) is 80.9 cm³/mol. The van der Waals surface area contributed by atoms with E-state index < -0.39 is 0 Å². The van der Waals surface area contributed by atoms with Crippen LogP contribution < -0.4 is 5.73 Å². The van der Waals surface area contributed by atoms with Gasteiger partial charge in [0.15, 0.2) is 0 Å². The van der Waals surface area contributed by atoms with Crippen molar-refractivity contribution in [1.82, 2.24) is 4.90 Å². The zero-order chi connectivity index (χ0) is 14.7. The Labute approximate surface area is 123 Å². The number of nitrogens with two attached hydrogens (primary N) is 1. The Bertz CT molecular complexity index is 624. The molecule has 0 unspecified atom stereocenters. The summed E-state index contributed by atoms with van der Waals surface area (Å²) in [6.07, 6.45) is 1.67. The van der Waals surface area contributed by atoms with Gasteiger partial charge in [0.05, 0.1) is 6.26 Å². The van der Waals surface area contributed by atoms with E-state index in [0.717, 1.165) is 29.0 Å². The highest BCUT2D eigenvalue weighted by Gasteiger charge is 2.11. The molecule has 0 aliphatic heterocycles. The lowest BCUT2D eigenvalue weighted by Gasteiger charge is -2.18. The fraction of sp³-hybridized carbons (Fsp3) is 0.267. The highest BCUT2D eigenvalue weighted by atomic mass is 32.1. The Balaban J connectivity index is 2.15. The molecule has 106 valence electrons. The lowest BCUT2D eigenvalue weighted by Crippen LogP contribution is -2.21. The predicted octanol–water partition coefficient (Wildman–Crippen LogP) is 2.99. The van der Waals surface area contributed by atoms with Crippen molar-refractivity contribution in [2.45, 2.75) is 20.0 Å². The highest BCUT2D eigenvalue weighted by molar-refractivity contribution is 7.80. The number of halogens is 1. The Kier molecular flexibility index (Phi) is 4.52. The fourth-order valence-corrected chi connectivity index (χ4v) is 2.35. The molecule has 0 radical (unpaired) electrons. The molecule has 3 nitrogen and oxygen atoms in total. The number of thiocarbonyl (C=S) groups is 1. The van der Waals surface area contributed by atoms with E-state index in [1.807, 2.05) is 20.0 Å². The molecule has 0 saturated heterocycles. The Hall–Kier alpha value is -1.72. The molecule has 1 aromatic carbocycles. The number of hydrogen-bond acceptors (Lipinski definition) is 3. The molecule has 0 spiro atoms. The summed E-state index contributed by atoms with van der Waals surface area (Å²) in [4.78, 5) is 2.35. The second kappa shape index (κ2) is 6.15. The third-order valence-corrected chi connectivity index (χ3v) is 3.40. The Morgan fingerprint density at radius 2 is 2.00 bits per heavy atom. The molecular formula is C15H17FN2OS. The molecule has 0 bridgehead atoms. The molecule has 0 aliphatic carbocycles. The summed E-state index contributed by atoms with van der Waals surface area (Å²) in [5.74, 6) is 0.610. The van der Waals surface area contributed by atoms with Gasteiger partial charge in [-0.1, -0.05) is 12.2 Å². The van der Waals surface area contributed by atoms with Gasteiger partial charge >= 0.3 is 0 Å². The smallest absolute Gasteiger partial charge is 0.123 e. The van der Waals surface area contributed by atoms with Crippen molar-refractivity contribution < 1.29 is 8.81 Å². The van der Waals surface area contributed by atoms with Crippen LogP contribution in [0.5, 0.6) is 0 Å². The topological polar surface area (TPSA) is 42.4 Å². The van der Waals surface area contributed by atoms with Gasteiger partial charge in [-0.3, -0.25) is 4.90 Å². The van der Waals surface area contributed by atoms with Crippen LogP contribution >= 0.6 is 12.2 Å². The second-order valence-electron chi connectivity index (χ2n) is 4.84. The molecule has 0 amide bonds. The molecule has 2 rings (SSSR count). The summed E-state index contributed by atoms with van der Waals surface area (Å²) in [5.41, 5.74) is 8.30. The van der Waals surface area contributed by atoms with Crippen molar-refractivity contribution in [2.75, 3.05) is 7.05 Å². The minimum Gasteiger partial charge on any atom is -0.469 e. The average molecular weight is 292 g/mol. The molecule has 0 fully saturated rings. The van der Waals surface area contributed by atoms with Crippen molar-refractivity contribution in [3.05, 3.63) is 58.8 Å².